The summed E-state index contributed by atoms with van der Waals surface area (Å²) in [4.78, 5) is 1.36. The molecular weight excluding hydrogens is 220 g/mol. The van der Waals surface area contributed by atoms with Crippen LogP contribution >= 0.6 is 11.3 Å². The lowest BCUT2D eigenvalue weighted by molar-refractivity contribution is 0.154. The van der Waals surface area contributed by atoms with Crippen LogP contribution < -0.4 is 11.1 Å². The van der Waals surface area contributed by atoms with Crippen LogP contribution in [0.4, 0.5) is 0 Å². The van der Waals surface area contributed by atoms with Crippen LogP contribution in [0.5, 0.6) is 0 Å². The number of nitrogens with one attached hydrogen (secondary N) is 1. The van der Waals surface area contributed by atoms with Crippen molar-refractivity contribution in [1.29, 1.82) is 0 Å². The van der Waals surface area contributed by atoms with Crippen molar-refractivity contribution in [2.45, 2.75) is 25.4 Å². The fourth-order valence-electron chi connectivity index (χ4n) is 2.12. The van der Waals surface area contributed by atoms with Crippen LogP contribution in [-0.2, 0) is 11.3 Å². The van der Waals surface area contributed by atoms with E-state index < -0.39 is 0 Å². The predicted octanol–water partition coefficient (Wildman–Crippen LogP) is 1.59. The van der Waals surface area contributed by atoms with Crippen molar-refractivity contribution < 1.29 is 4.74 Å². The van der Waals surface area contributed by atoms with Crippen molar-refractivity contribution in [3.05, 3.63) is 22.4 Å². The van der Waals surface area contributed by atoms with Gasteiger partial charge in [0.25, 0.3) is 0 Å². The van der Waals surface area contributed by atoms with Gasteiger partial charge in [-0.25, -0.2) is 0 Å². The SMILES string of the molecule is CC(CN)(NCc1cccs1)C1CCOC1. The summed E-state index contributed by atoms with van der Waals surface area (Å²) in [6.07, 6.45) is 1.12. The maximum Gasteiger partial charge on any atom is 0.0513 e. The first-order valence-corrected chi connectivity index (χ1v) is 6.68. The molecule has 90 valence electrons. The molecule has 1 aliphatic rings. The molecule has 0 radical (unpaired) electrons. The first kappa shape index (κ1) is 12.0. The van der Waals surface area contributed by atoms with E-state index in [4.69, 9.17) is 10.5 Å². The lowest BCUT2D eigenvalue weighted by Gasteiger charge is -2.34. The van der Waals surface area contributed by atoms with Gasteiger partial charge in [0, 0.05) is 36.0 Å². The van der Waals surface area contributed by atoms with Crippen LogP contribution in [0.3, 0.4) is 0 Å². The van der Waals surface area contributed by atoms with Gasteiger partial charge < -0.3 is 15.8 Å². The monoisotopic (exact) mass is 240 g/mol. The second kappa shape index (κ2) is 5.27. The van der Waals surface area contributed by atoms with Crippen molar-refractivity contribution in [1.82, 2.24) is 5.32 Å². The fraction of sp³-hybridized carbons (Fsp3) is 0.667. The van der Waals surface area contributed by atoms with Gasteiger partial charge in [-0.1, -0.05) is 6.07 Å². The van der Waals surface area contributed by atoms with E-state index in [0.717, 1.165) is 26.2 Å². The third-order valence-corrected chi connectivity index (χ3v) is 4.38. The number of thiophene rings is 1. The molecule has 0 aliphatic carbocycles. The Labute approximate surface area is 101 Å². The Bertz CT molecular complexity index is 309. The quantitative estimate of drug-likeness (QED) is 0.821. The molecule has 1 aliphatic heterocycles. The zero-order chi connectivity index (χ0) is 11.4. The van der Waals surface area contributed by atoms with Gasteiger partial charge in [-0.3, -0.25) is 0 Å². The molecule has 16 heavy (non-hydrogen) atoms. The molecule has 0 spiro atoms. The van der Waals surface area contributed by atoms with Gasteiger partial charge in [0.2, 0.25) is 0 Å². The smallest absolute Gasteiger partial charge is 0.0513 e. The van der Waals surface area contributed by atoms with E-state index >= 15 is 0 Å². The van der Waals surface area contributed by atoms with Crippen molar-refractivity contribution in [2.75, 3.05) is 19.8 Å². The lowest BCUT2D eigenvalue weighted by atomic mass is 9.85. The van der Waals surface area contributed by atoms with Gasteiger partial charge in [0.05, 0.1) is 6.61 Å². The molecule has 2 heterocycles. The summed E-state index contributed by atoms with van der Waals surface area (Å²) in [5, 5.41) is 5.70. The van der Waals surface area contributed by atoms with Crippen LogP contribution in [-0.4, -0.2) is 25.3 Å². The Balaban J connectivity index is 1.93. The molecule has 4 heteroatoms. The van der Waals surface area contributed by atoms with Crippen molar-refractivity contribution in [2.24, 2.45) is 11.7 Å². The number of nitrogens with two attached hydrogens (primary N) is 1. The van der Waals surface area contributed by atoms with Crippen LogP contribution in [0, 0.1) is 5.92 Å². The maximum atomic E-state index is 5.91. The highest BCUT2D eigenvalue weighted by Gasteiger charge is 2.35. The maximum absolute atomic E-state index is 5.91. The standard InChI is InChI=1S/C12H20N2OS/c1-12(9-13,10-4-5-15-8-10)14-7-11-3-2-6-16-11/h2-3,6,10,14H,4-5,7-9,13H2,1H3. The highest BCUT2D eigenvalue weighted by molar-refractivity contribution is 7.09. The minimum Gasteiger partial charge on any atom is -0.381 e. The second-order valence-electron chi connectivity index (χ2n) is 4.62. The van der Waals surface area contributed by atoms with Gasteiger partial charge >= 0.3 is 0 Å². The van der Waals surface area contributed by atoms with Crippen LogP contribution in [0.1, 0.15) is 18.2 Å². The summed E-state index contributed by atoms with van der Waals surface area (Å²) in [6.45, 7) is 5.49. The van der Waals surface area contributed by atoms with Gasteiger partial charge in [-0.05, 0) is 24.8 Å². The Hall–Kier alpha value is -0.420. The molecule has 1 aromatic heterocycles. The average Bonchev–Trinajstić information content (AvgIpc) is 2.98. The average molecular weight is 240 g/mol. The summed E-state index contributed by atoms with van der Waals surface area (Å²) in [6, 6.07) is 4.24. The Morgan fingerprint density at radius 1 is 1.69 bits per heavy atom. The number of hydrogen-bond donors (Lipinski definition) is 2. The molecule has 0 amide bonds. The van der Waals surface area contributed by atoms with E-state index in [2.05, 4.69) is 29.8 Å². The molecule has 2 atom stereocenters. The predicted molar refractivity (Wildman–Crippen MR) is 67.5 cm³/mol. The minimum absolute atomic E-state index is 0.000486. The van der Waals surface area contributed by atoms with E-state index in [9.17, 15) is 0 Å². The largest absolute Gasteiger partial charge is 0.381 e. The third kappa shape index (κ3) is 2.63. The molecule has 3 N–H and O–H groups in total. The van der Waals surface area contributed by atoms with Gasteiger partial charge in [0.1, 0.15) is 0 Å². The summed E-state index contributed by atoms with van der Waals surface area (Å²) in [7, 11) is 0. The summed E-state index contributed by atoms with van der Waals surface area (Å²) in [5.41, 5.74) is 5.91. The van der Waals surface area contributed by atoms with E-state index in [0.29, 0.717) is 12.5 Å². The van der Waals surface area contributed by atoms with E-state index in [1.165, 1.54) is 4.88 Å². The van der Waals surface area contributed by atoms with Crippen molar-refractivity contribution >= 4 is 11.3 Å². The Morgan fingerprint density at radius 3 is 3.12 bits per heavy atom. The number of ether oxygens (including phenoxy) is 1. The highest BCUT2D eigenvalue weighted by Crippen LogP contribution is 2.25. The lowest BCUT2D eigenvalue weighted by Crippen LogP contribution is -2.54. The normalized spacial score (nSPS) is 24.5. The first-order valence-electron chi connectivity index (χ1n) is 5.80. The summed E-state index contributed by atoms with van der Waals surface area (Å²) < 4.78 is 5.45. The summed E-state index contributed by atoms with van der Waals surface area (Å²) >= 11 is 1.78. The fourth-order valence-corrected chi connectivity index (χ4v) is 2.77. The second-order valence-corrected chi connectivity index (χ2v) is 5.65. The molecule has 1 aromatic rings. The molecule has 3 nitrogen and oxygen atoms in total. The molecule has 0 aromatic carbocycles. The molecule has 2 rings (SSSR count). The summed E-state index contributed by atoms with van der Waals surface area (Å²) in [5.74, 6) is 0.539. The number of rotatable bonds is 5. The zero-order valence-corrected chi connectivity index (χ0v) is 10.6. The van der Waals surface area contributed by atoms with Gasteiger partial charge in [-0.2, -0.15) is 0 Å². The zero-order valence-electron chi connectivity index (χ0n) is 9.74. The highest BCUT2D eigenvalue weighted by atomic mass is 32.1. The molecule has 1 saturated heterocycles. The Morgan fingerprint density at radius 2 is 2.56 bits per heavy atom. The van der Waals surface area contributed by atoms with Gasteiger partial charge in [0.15, 0.2) is 0 Å². The minimum atomic E-state index is 0.000486. The first-order chi connectivity index (χ1) is 7.74. The Kier molecular flexibility index (Phi) is 3.97. The van der Waals surface area contributed by atoms with Crippen molar-refractivity contribution in [3.63, 3.8) is 0 Å². The van der Waals surface area contributed by atoms with Crippen LogP contribution in [0.15, 0.2) is 17.5 Å². The van der Waals surface area contributed by atoms with E-state index in [-0.39, 0.29) is 5.54 Å². The third-order valence-electron chi connectivity index (χ3n) is 3.50. The van der Waals surface area contributed by atoms with E-state index in [1.54, 1.807) is 11.3 Å². The number of hydrogen-bond acceptors (Lipinski definition) is 4. The van der Waals surface area contributed by atoms with Crippen LogP contribution in [0.2, 0.25) is 0 Å². The van der Waals surface area contributed by atoms with Crippen molar-refractivity contribution in [3.8, 4) is 0 Å². The topological polar surface area (TPSA) is 47.3 Å². The van der Waals surface area contributed by atoms with Gasteiger partial charge in [-0.15, -0.1) is 11.3 Å². The molecule has 0 saturated carbocycles. The van der Waals surface area contributed by atoms with E-state index in [1.807, 2.05) is 0 Å². The molecule has 2 unspecified atom stereocenters. The molecule has 0 bridgehead atoms. The molecule has 1 fully saturated rings. The van der Waals surface area contributed by atoms with Crippen LogP contribution in [0.25, 0.3) is 0 Å². The molecular formula is C12H20N2OS.